The summed E-state index contributed by atoms with van der Waals surface area (Å²) in [6.45, 7) is 0. The molecule has 13 heavy (non-hydrogen) atoms. The third-order valence-corrected chi connectivity index (χ3v) is 2.74. The number of carboxylic acid groups (broad SMARTS) is 1. The number of aliphatic carboxylic acids is 1. The van der Waals surface area contributed by atoms with Crippen molar-refractivity contribution in [1.29, 1.82) is 0 Å². The van der Waals surface area contributed by atoms with Crippen LogP contribution in [0.3, 0.4) is 0 Å². The van der Waals surface area contributed by atoms with Crippen molar-refractivity contribution < 1.29 is 19.6 Å². The molecule has 1 unspecified atom stereocenters. The molecule has 1 aromatic rings. The number of carbonyl (C=O) groups excluding carboxylic acids is 1. The SMILES string of the molecule is O=C(O)C(=O)P(O)c1ccccc1. The molecule has 1 atom stereocenters. The summed E-state index contributed by atoms with van der Waals surface area (Å²) in [6, 6.07) is 8.03. The molecule has 4 nitrogen and oxygen atoms in total. The summed E-state index contributed by atoms with van der Waals surface area (Å²) in [6.07, 6.45) is 0. The maximum Gasteiger partial charge on any atom is 0.379 e. The molecule has 0 bridgehead atoms. The van der Waals surface area contributed by atoms with Gasteiger partial charge in [0.05, 0.1) is 0 Å². The van der Waals surface area contributed by atoms with E-state index in [1.165, 1.54) is 12.1 Å². The minimum absolute atomic E-state index is 0.352. The molecule has 0 fully saturated rings. The van der Waals surface area contributed by atoms with Crippen LogP contribution in [0.1, 0.15) is 0 Å². The third kappa shape index (κ3) is 2.34. The van der Waals surface area contributed by atoms with Gasteiger partial charge in [-0.3, -0.25) is 4.79 Å². The minimum Gasteiger partial charge on any atom is -0.475 e. The lowest BCUT2D eigenvalue weighted by Gasteiger charge is -2.04. The van der Waals surface area contributed by atoms with Crippen molar-refractivity contribution in [2.24, 2.45) is 0 Å². The Balaban J connectivity index is 2.86. The summed E-state index contributed by atoms with van der Waals surface area (Å²) in [5.41, 5.74) is -1.15. The van der Waals surface area contributed by atoms with Gasteiger partial charge in [0.15, 0.2) is 0 Å². The Morgan fingerprint density at radius 2 is 1.69 bits per heavy atom. The van der Waals surface area contributed by atoms with Gasteiger partial charge in [-0.1, -0.05) is 30.3 Å². The second-order valence-electron chi connectivity index (χ2n) is 2.26. The van der Waals surface area contributed by atoms with E-state index < -0.39 is 19.6 Å². The molecule has 0 aliphatic heterocycles. The number of hydrogen-bond acceptors (Lipinski definition) is 3. The Kier molecular flexibility index (Phi) is 3.12. The van der Waals surface area contributed by atoms with Crippen LogP contribution in [0.5, 0.6) is 0 Å². The first kappa shape index (κ1) is 9.84. The lowest BCUT2D eigenvalue weighted by molar-refractivity contribution is -0.145. The highest BCUT2D eigenvalue weighted by molar-refractivity contribution is 7.79. The number of hydrogen-bond donors (Lipinski definition) is 2. The lowest BCUT2D eigenvalue weighted by atomic mass is 10.4. The fourth-order valence-electron chi connectivity index (χ4n) is 0.777. The van der Waals surface area contributed by atoms with E-state index in [-0.39, 0.29) is 0 Å². The molecule has 0 aliphatic carbocycles. The Labute approximate surface area is 75.7 Å². The zero-order valence-corrected chi connectivity index (χ0v) is 7.44. The number of benzene rings is 1. The van der Waals surface area contributed by atoms with Gasteiger partial charge >= 0.3 is 5.97 Å². The van der Waals surface area contributed by atoms with Crippen LogP contribution >= 0.6 is 8.15 Å². The Hall–Kier alpha value is -1.25. The van der Waals surface area contributed by atoms with Crippen molar-refractivity contribution in [1.82, 2.24) is 0 Å². The van der Waals surface area contributed by atoms with Crippen LogP contribution in [0.2, 0.25) is 0 Å². The summed E-state index contributed by atoms with van der Waals surface area (Å²) >= 11 is 0. The summed E-state index contributed by atoms with van der Waals surface area (Å²) < 4.78 is 0. The van der Waals surface area contributed by atoms with Gasteiger partial charge in [-0.2, -0.15) is 0 Å². The molecule has 0 heterocycles. The number of carboxylic acids is 1. The quantitative estimate of drug-likeness (QED) is 0.541. The molecule has 0 spiro atoms. The zero-order chi connectivity index (χ0) is 9.84. The standard InChI is InChI=1S/C8H7O4P/c9-7(10)8(11)13(12)6-4-2-1-3-5-6/h1-5,12H,(H,9,10). The highest BCUT2D eigenvalue weighted by Crippen LogP contribution is 2.29. The number of carbonyl (C=O) groups is 2. The van der Waals surface area contributed by atoms with Gasteiger partial charge in [0.2, 0.25) is 0 Å². The fraction of sp³-hybridized carbons (Fsp3) is 0. The molecule has 0 aromatic heterocycles. The van der Waals surface area contributed by atoms with Gasteiger partial charge in [-0.05, 0) is 0 Å². The van der Waals surface area contributed by atoms with Crippen molar-refractivity contribution in [2.45, 2.75) is 0 Å². The fourth-order valence-corrected chi connectivity index (χ4v) is 1.65. The van der Waals surface area contributed by atoms with E-state index in [4.69, 9.17) is 5.11 Å². The lowest BCUT2D eigenvalue weighted by Crippen LogP contribution is -2.16. The molecule has 5 heteroatoms. The van der Waals surface area contributed by atoms with Crippen molar-refractivity contribution in [3.63, 3.8) is 0 Å². The van der Waals surface area contributed by atoms with Crippen molar-refractivity contribution >= 4 is 24.9 Å². The van der Waals surface area contributed by atoms with E-state index in [1.54, 1.807) is 18.2 Å². The van der Waals surface area contributed by atoms with E-state index >= 15 is 0 Å². The predicted octanol–water partition coefficient (Wildman–Crippen LogP) is 0.312. The van der Waals surface area contributed by atoms with Crippen LogP contribution in [-0.4, -0.2) is 21.5 Å². The van der Waals surface area contributed by atoms with Gasteiger partial charge in [0.25, 0.3) is 5.52 Å². The topological polar surface area (TPSA) is 74.6 Å². The van der Waals surface area contributed by atoms with Crippen LogP contribution < -0.4 is 5.30 Å². The van der Waals surface area contributed by atoms with Crippen molar-refractivity contribution in [2.75, 3.05) is 0 Å². The maximum atomic E-state index is 10.8. The average molecular weight is 198 g/mol. The first-order chi connectivity index (χ1) is 6.13. The third-order valence-electron chi connectivity index (χ3n) is 1.38. The van der Waals surface area contributed by atoms with Crippen LogP contribution in [0.4, 0.5) is 0 Å². The summed E-state index contributed by atoms with van der Waals surface area (Å²) in [4.78, 5) is 30.3. The molecule has 2 N–H and O–H groups in total. The Bertz CT molecular complexity index is 322. The van der Waals surface area contributed by atoms with Crippen LogP contribution in [0, 0.1) is 0 Å². The van der Waals surface area contributed by atoms with Crippen molar-refractivity contribution in [3.05, 3.63) is 30.3 Å². The molecule has 0 radical (unpaired) electrons. The first-order valence-corrected chi connectivity index (χ1v) is 4.73. The molecule has 0 aliphatic rings. The molecule has 1 aromatic carbocycles. The average Bonchev–Trinajstić information content (AvgIpc) is 2.17. The van der Waals surface area contributed by atoms with Crippen LogP contribution in [0.25, 0.3) is 0 Å². The monoisotopic (exact) mass is 198 g/mol. The van der Waals surface area contributed by atoms with E-state index in [1.807, 2.05) is 0 Å². The van der Waals surface area contributed by atoms with E-state index in [9.17, 15) is 14.5 Å². The normalized spacial score (nSPS) is 12.1. The minimum atomic E-state index is -2.21. The van der Waals surface area contributed by atoms with Crippen molar-refractivity contribution in [3.8, 4) is 0 Å². The van der Waals surface area contributed by atoms with Gasteiger partial charge in [0.1, 0.15) is 8.15 Å². The van der Waals surface area contributed by atoms with E-state index in [0.29, 0.717) is 5.30 Å². The van der Waals surface area contributed by atoms with E-state index in [0.717, 1.165) is 0 Å². The molecule has 1 rings (SSSR count). The Morgan fingerprint density at radius 1 is 1.15 bits per heavy atom. The van der Waals surface area contributed by atoms with Gasteiger partial charge < -0.3 is 10.00 Å². The molecular formula is C8H7O4P. The number of rotatable bonds is 3. The summed E-state index contributed by atoms with van der Waals surface area (Å²) in [7, 11) is -2.21. The highest BCUT2D eigenvalue weighted by Gasteiger charge is 2.24. The highest BCUT2D eigenvalue weighted by atomic mass is 31.1. The second-order valence-corrected chi connectivity index (χ2v) is 3.80. The predicted molar refractivity (Wildman–Crippen MR) is 47.9 cm³/mol. The first-order valence-electron chi connectivity index (χ1n) is 3.44. The van der Waals surface area contributed by atoms with Crippen LogP contribution in [-0.2, 0) is 9.59 Å². The second kappa shape index (κ2) is 4.12. The summed E-state index contributed by atoms with van der Waals surface area (Å²) in [5.74, 6) is -1.60. The Morgan fingerprint density at radius 3 is 2.15 bits per heavy atom. The zero-order valence-electron chi connectivity index (χ0n) is 6.54. The van der Waals surface area contributed by atoms with Gasteiger partial charge in [0, 0.05) is 5.30 Å². The molecule has 0 saturated carbocycles. The summed E-state index contributed by atoms with van der Waals surface area (Å²) in [5, 5.41) is 8.67. The van der Waals surface area contributed by atoms with E-state index in [2.05, 4.69) is 0 Å². The smallest absolute Gasteiger partial charge is 0.379 e. The largest absolute Gasteiger partial charge is 0.475 e. The van der Waals surface area contributed by atoms with Gasteiger partial charge in [-0.25, -0.2) is 4.79 Å². The molecule has 0 amide bonds. The molecule has 68 valence electrons. The maximum absolute atomic E-state index is 10.8. The molecular weight excluding hydrogens is 191 g/mol. The van der Waals surface area contributed by atoms with Crippen LogP contribution in [0.15, 0.2) is 30.3 Å². The molecule has 0 saturated heterocycles. The van der Waals surface area contributed by atoms with Gasteiger partial charge in [-0.15, -0.1) is 0 Å².